The van der Waals surface area contributed by atoms with E-state index in [2.05, 4.69) is 24.6 Å². The third kappa shape index (κ3) is 4.51. The second kappa shape index (κ2) is 8.00. The first kappa shape index (κ1) is 19.9. The molecule has 0 spiro atoms. The summed E-state index contributed by atoms with van der Waals surface area (Å²) >= 11 is 6.10. The third-order valence-electron chi connectivity index (χ3n) is 4.38. The Hall–Kier alpha value is -1.89. The first-order chi connectivity index (χ1) is 12.8. The van der Waals surface area contributed by atoms with E-state index in [1.807, 2.05) is 16.8 Å². The van der Waals surface area contributed by atoms with Gasteiger partial charge in [0, 0.05) is 31.8 Å². The van der Waals surface area contributed by atoms with Crippen molar-refractivity contribution in [1.29, 1.82) is 0 Å². The Morgan fingerprint density at radius 1 is 1.19 bits per heavy atom. The van der Waals surface area contributed by atoms with E-state index in [0.29, 0.717) is 41.0 Å². The molecule has 0 bridgehead atoms. The lowest BCUT2D eigenvalue weighted by molar-refractivity contribution is 0.0899. The number of methoxy groups -OCH3 is 1. The van der Waals surface area contributed by atoms with Gasteiger partial charge in [0.15, 0.2) is 0 Å². The van der Waals surface area contributed by atoms with Gasteiger partial charge in [0.1, 0.15) is 29.1 Å². The Labute approximate surface area is 164 Å². The maximum absolute atomic E-state index is 14.6. The van der Waals surface area contributed by atoms with Crippen LogP contribution in [-0.2, 0) is 11.5 Å². The van der Waals surface area contributed by atoms with Gasteiger partial charge in [0.2, 0.25) is 0 Å². The molecule has 1 aromatic carbocycles. The van der Waals surface area contributed by atoms with Crippen molar-refractivity contribution in [3.05, 3.63) is 47.5 Å². The van der Waals surface area contributed by atoms with Gasteiger partial charge >= 0.3 is 0 Å². The first-order valence-electron chi connectivity index (χ1n) is 8.86. The number of hydrogen-bond donors (Lipinski definition) is 0. The molecule has 0 amide bonds. The Morgan fingerprint density at radius 3 is 2.67 bits per heavy atom. The van der Waals surface area contributed by atoms with E-state index in [0.717, 1.165) is 11.4 Å². The lowest BCUT2D eigenvalue weighted by atomic mass is 10.0. The lowest BCUT2D eigenvalue weighted by Crippen LogP contribution is -2.22. The van der Waals surface area contributed by atoms with E-state index >= 15 is 0 Å². The summed E-state index contributed by atoms with van der Waals surface area (Å²) in [5, 5.41) is 1.19. The molecular formula is C20H24ClFN2O2Si. The molecule has 0 saturated heterocycles. The van der Waals surface area contributed by atoms with Crippen molar-refractivity contribution in [2.24, 2.45) is 0 Å². The summed E-state index contributed by atoms with van der Waals surface area (Å²) in [6.07, 6.45) is 1.85. The average molecular weight is 407 g/mol. The van der Waals surface area contributed by atoms with Gasteiger partial charge < -0.3 is 14.0 Å². The fourth-order valence-corrected chi connectivity index (χ4v) is 3.82. The van der Waals surface area contributed by atoms with Gasteiger partial charge in [-0.2, -0.15) is 0 Å². The van der Waals surface area contributed by atoms with Crippen LogP contribution >= 0.6 is 11.6 Å². The fourth-order valence-electron chi connectivity index (χ4n) is 2.92. The van der Waals surface area contributed by atoms with E-state index in [9.17, 15) is 4.39 Å². The molecule has 3 rings (SSSR count). The van der Waals surface area contributed by atoms with Crippen molar-refractivity contribution >= 4 is 30.7 Å². The van der Waals surface area contributed by atoms with Crippen LogP contribution in [0.5, 0.6) is 5.75 Å². The van der Waals surface area contributed by atoms with Gasteiger partial charge in [-0.05, 0) is 30.3 Å². The van der Waals surface area contributed by atoms with E-state index < -0.39 is 8.07 Å². The summed E-state index contributed by atoms with van der Waals surface area (Å²) in [6, 6.07) is 9.44. The second-order valence-corrected chi connectivity index (χ2v) is 13.7. The summed E-state index contributed by atoms with van der Waals surface area (Å²) in [4.78, 5) is 4.43. The van der Waals surface area contributed by atoms with Gasteiger partial charge in [-0.3, -0.25) is 0 Å². The summed E-state index contributed by atoms with van der Waals surface area (Å²) in [5.41, 5.74) is 1.78. The van der Waals surface area contributed by atoms with Crippen LogP contribution in [0.2, 0.25) is 30.8 Å². The molecule has 0 fully saturated rings. The summed E-state index contributed by atoms with van der Waals surface area (Å²) in [5.74, 6) is 0.131. The van der Waals surface area contributed by atoms with E-state index in [-0.39, 0.29) is 5.82 Å². The number of halogens is 2. The Morgan fingerprint density at radius 2 is 1.96 bits per heavy atom. The zero-order valence-corrected chi connectivity index (χ0v) is 17.8. The van der Waals surface area contributed by atoms with Crippen LogP contribution in [0.3, 0.4) is 0 Å². The number of benzene rings is 1. The van der Waals surface area contributed by atoms with Crippen LogP contribution in [0.25, 0.3) is 22.2 Å². The van der Waals surface area contributed by atoms with Gasteiger partial charge in [-0.1, -0.05) is 37.3 Å². The third-order valence-corrected chi connectivity index (χ3v) is 6.29. The zero-order chi connectivity index (χ0) is 19.6. The smallest absolute Gasteiger partial charge is 0.144 e. The molecule has 0 aliphatic carbocycles. The summed E-state index contributed by atoms with van der Waals surface area (Å²) < 4.78 is 27.7. The quantitative estimate of drug-likeness (QED) is 0.282. The highest BCUT2D eigenvalue weighted by molar-refractivity contribution is 6.76. The molecule has 0 radical (unpaired) electrons. The molecule has 4 nitrogen and oxygen atoms in total. The minimum absolute atomic E-state index is 0.338. The number of fused-ring (bicyclic) bond motifs is 1. The van der Waals surface area contributed by atoms with Crippen molar-refractivity contribution in [1.82, 2.24) is 9.55 Å². The molecule has 0 saturated carbocycles. The normalized spacial score (nSPS) is 11.9. The topological polar surface area (TPSA) is 36.3 Å². The fraction of sp³-hybridized carbons (Fsp3) is 0.350. The molecule has 0 aliphatic rings. The summed E-state index contributed by atoms with van der Waals surface area (Å²) in [7, 11) is 0.371. The number of hydrogen-bond acceptors (Lipinski definition) is 3. The van der Waals surface area contributed by atoms with Crippen LogP contribution < -0.4 is 4.74 Å². The molecule has 3 aromatic rings. The minimum atomic E-state index is -1.16. The first-order valence-corrected chi connectivity index (χ1v) is 12.9. The highest BCUT2D eigenvalue weighted by Gasteiger charge is 2.19. The highest BCUT2D eigenvalue weighted by Crippen LogP contribution is 2.38. The molecule has 144 valence electrons. The average Bonchev–Trinajstić information content (AvgIpc) is 2.95. The predicted octanol–water partition coefficient (Wildman–Crippen LogP) is 5.82. The molecule has 0 unspecified atom stereocenters. The molecule has 27 heavy (non-hydrogen) atoms. The standard InChI is InChI=1S/C20H24ClFN2O2Si/c1-25-17-7-5-6-16(22)19(17)15-12-24(13-26-10-11-27(2,3)4)20-14(15)8-9-18(21)23-20/h5-9,12H,10-11,13H2,1-4H3. The second-order valence-electron chi connectivity index (χ2n) is 7.68. The van der Waals surface area contributed by atoms with E-state index in [4.69, 9.17) is 21.1 Å². The maximum Gasteiger partial charge on any atom is 0.144 e. The minimum Gasteiger partial charge on any atom is -0.496 e. The Bertz CT molecular complexity index is 953. The maximum atomic E-state index is 14.6. The number of aromatic nitrogens is 2. The Kier molecular flexibility index (Phi) is 5.88. The van der Waals surface area contributed by atoms with Crippen LogP contribution in [0, 0.1) is 5.82 Å². The van der Waals surface area contributed by atoms with Gasteiger partial charge in [0.25, 0.3) is 0 Å². The number of pyridine rings is 1. The lowest BCUT2D eigenvalue weighted by Gasteiger charge is -2.15. The molecule has 0 atom stereocenters. The van der Waals surface area contributed by atoms with Crippen LogP contribution in [-0.4, -0.2) is 31.3 Å². The predicted molar refractivity (Wildman–Crippen MR) is 111 cm³/mol. The van der Waals surface area contributed by atoms with Crippen LogP contribution in [0.15, 0.2) is 36.5 Å². The molecule has 0 N–H and O–H groups in total. The van der Waals surface area contributed by atoms with Gasteiger partial charge in [-0.15, -0.1) is 0 Å². The highest BCUT2D eigenvalue weighted by atomic mass is 35.5. The molecule has 7 heteroatoms. The van der Waals surface area contributed by atoms with Crippen molar-refractivity contribution in [2.45, 2.75) is 32.4 Å². The van der Waals surface area contributed by atoms with Crippen molar-refractivity contribution < 1.29 is 13.9 Å². The van der Waals surface area contributed by atoms with Crippen molar-refractivity contribution in [2.75, 3.05) is 13.7 Å². The monoisotopic (exact) mass is 406 g/mol. The van der Waals surface area contributed by atoms with Crippen molar-refractivity contribution in [3.63, 3.8) is 0 Å². The van der Waals surface area contributed by atoms with Gasteiger partial charge in [-0.25, -0.2) is 9.37 Å². The van der Waals surface area contributed by atoms with E-state index in [1.165, 1.54) is 13.2 Å². The van der Waals surface area contributed by atoms with Crippen molar-refractivity contribution in [3.8, 4) is 16.9 Å². The zero-order valence-electron chi connectivity index (χ0n) is 16.1. The van der Waals surface area contributed by atoms with Gasteiger partial charge in [0.05, 0.1) is 12.7 Å². The molecule has 2 aromatic heterocycles. The van der Waals surface area contributed by atoms with E-state index in [1.54, 1.807) is 18.2 Å². The largest absolute Gasteiger partial charge is 0.496 e. The number of nitrogens with zero attached hydrogens (tertiary/aromatic N) is 2. The molecule has 0 aliphatic heterocycles. The van der Waals surface area contributed by atoms with Crippen LogP contribution in [0.4, 0.5) is 4.39 Å². The SMILES string of the molecule is COc1cccc(F)c1-c1cn(COCC[Si](C)(C)C)c2nc(Cl)ccc12. The van der Waals surface area contributed by atoms with Crippen LogP contribution in [0.1, 0.15) is 0 Å². The molecular weight excluding hydrogens is 383 g/mol. The number of rotatable bonds is 7. The summed E-state index contributed by atoms with van der Waals surface area (Å²) in [6.45, 7) is 7.96. The number of ether oxygens (including phenoxy) is 2. The molecule has 2 heterocycles. The Balaban J connectivity index is 2.01.